The Morgan fingerprint density at radius 1 is 1.20 bits per heavy atom. The maximum atomic E-state index is 12.9. The number of ether oxygens (including phenoxy) is 1. The number of hydrogen-bond acceptors (Lipinski definition) is 4. The first-order valence-corrected chi connectivity index (χ1v) is 8.24. The van der Waals surface area contributed by atoms with E-state index in [1.54, 1.807) is 34.6 Å². The fourth-order valence-electron chi connectivity index (χ4n) is 2.59. The van der Waals surface area contributed by atoms with Gasteiger partial charge in [-0.15, -0.1) is 0 Å². The van der Waals surface area contributed by atoms with Crippen LogP contribution in [0.25, 0.3) is 0 Å². The van der Waals surface area contributed by atoms with Crippen molar-refractivity contribution in [3.8, 4) is 0 Å². The molecule has 0 saturated carbocycles. The molecule has 0 bridgehead atoms. The van der Waals surface area contributed by atoms with Crippen LogP contribution in [0.5, 0.6) is 0 Å². The largest absolute Gasteiger partial charge is 0.443 e. The lowest BCUT2D eigenvalue weighted by Gasteiger charge is -2.39. The van der Waals surface area contributed by atoms with Crippen molar-refractivity contribution in [3.63, 3.8) is 0 Å². The zero-order valence-corrected chi connectivity index (χ0v) is 15.3. The highest BCUT2D eigenvalue weighted by atomic mass is 16.6. The SMILES string of the molecule is CC=C1C(=O)N(Cc2ccccc2)[C@H](C)C(=O)N1C(=O)OC(C)(C)C. The van der Waals surface area contributed by atoms with Crippen molar-refractivity contribution in [1.82, 2.24) is 9.80 Å². The smallest absolute Gasteiger partial charge is 0.421 e. The van der Waals surface area contributed by atoms with E-state index >= 15 is 0 Å². The molecule has 1 fully saturated rings. The van der Waals surface area contributed by atoms with Crippen LogP contribution in [0, 0.1) is 0 Å². The maximum absolute atomic E-state index is 12.9. The molecule has 1 heterocycles. The third-order valence-corrected chi connectivity index (χ3v) is 3.81. The van der Waals surface area contributed by atoms with Gasteiger partial charge in [0.05, 0.1) is 0 Å². The molecule has 1 aromatic rings. The standard InChI is InChI=1S/C19H24N2O4/c1-6-15-17(23)20(12-14-10-8-7-9-11-14)13(2)16(22)21(15)18(24)25-19(3,4)5/h6-11,13H,12H2,1-5H3/t13-/m1/s1. The summed E-state index contributed by atoms with van der Waals surface area (Å²) in [5.41, 5.74) is 0.175. The fourth-order valence-corrected chi connectivity index (χ4v) is 2.59. The highest BCUT2D eigenvalue weighted by Crippen LogP contribution is 2.25. The van der Waals surface area contributed by atoms with Gasteiger partial charge < -0.3 is 9.64 Å². The lowest BCUT2D eigenvalue weighted by molar-refractivity contribution is -0.150. The van der Waals surface area contributed by atoms with Gasteiger partial charge in [-0.3, -0.25) is 9.59 Å². The number of benzene rings is 1. The Balaban J connectivity index is 2.30. The van der Waals surface area contributed by atoms with Crippen LogP contribution in [0.3, 0.4) is 0 Å². The molecule has 2 rings (SSSR count). The minimum atomic E-state index is -0.829. The molecule has 6 nitrogen and oxygen atoms in total. The summed E-state index contributed by atoms with van der Waals surface area (Å²) in [6.07, 6.45) is 0.638. The molecule has 25 heavy (non-hydrogen) atoms. The third kappa shape index (κ3) is 4.07. The molecule has 1 aliphatic heterocycles. The van der Waals surface area contributed by atoms with Crippen LogP contribution in [-0.4, -0.2) is 39.4 Å². The number of rotatable bonds is 2. The summed E-state index contributed by atoms with van der Waals surface area (Å²) in [5.74, 6) is -0.845. The van der Waals surface area contributed by atoms with Gasteiger partial charge in [-0.05, 0) is 40.2 Å². The minimum absolute atomic E-state index is 0.0216. The number of allylic oxidation sites excluding steroid dienone is 1. The average molecular weight is 344 g/mol. The number of piperazine rings is 1. The quantitative estimate of drug-likeness (QED) is 0.773. The van der Waals surface area contributed by atoms with Gasteiger partial charge >= 0.3 is 6.09 Å². The molecule has 0 aromatic heterocycles. The van der Waals surface area contributed by atoms with E-state index in [-0.39, 0.29) is 11.6 Å². The Hall–Kier alpha value is -2.63. The molecule has 3 amide bonds. The molecule has 0 radical (unpaired) electrons. The predicted octanol–water partition coefficient (Wildman–Crippen LogP) is 3.08. The number of nitrogens with zero attached hydrogens (tertiary/aromatic N) is 2. The predicted molar refractivity (Wildman–Crippen MR) is 93.3 cm³/mol. The van der Waals surface area contributed by atoms with Crippen molar-refractivity contribution in [2.75, 3.05) is 0 Å². The van der Waals surface area contributed by atoms with Gasteiger partial charge in [0, 0.05) is 6.54 Å². The molecule has 1 aromatic carbocycles. The van der Waals surface area contributed by atoms with E-state index in [0.717, 1.165) is 10.5 Å². The van der Waals surface area contributed by atoms with E-state index in [1.165, 1.54) is 11.0 Å². The first kappa shape index (κ1) is 18.7. The summed E-state index contributed by atoms with van der Waals surface area (Å²) in [5, 5.41) is 0. The Bertz CT molecular complexity index is 704. The van der Waals surface area contributed by atoms with E-state index in [0.29, 0.717) is 6.54 Å². The topological polar surface area (TPSA) is 66.9 Å². The van der Waals surface area contributed by atoms with Crippen molar-refractivity contribution in [1.29, 1.82) is 0 Å². The molecule has 1 aliphatic rings. The van der Waals surface area contributed by atoms with Gasteiger partial charge in [0.15, 0.2) is 0 Å². The number of amides is 3. The molecule has 0 unspecified atom stereocenters. The van der Waals surface area contributed by atoms with Crippen LogP contribution in [0.4, 0.5) is 4.79 Å². The monoisotopic (exact) mass is 344 g/mol. The van der Waals surface area contributed by atoms with Crippen molar-refractivity contribution in [2.45, 2.75) is 52.8 Å². The second-order valence-corrected chi connectivity index (χ2v) is 6.92. The Morgan fingerprint density at radius 2 is 1.80 bits per heavy atom. The van der Waals surface area contributed by atoms with Gasteiger partial charge in [0.25, 0.3) is 11.8 Å². The summed E-state index contributed by atoms with van der Waals surface area (Å²) in [6.45, 7) is 8.67. The summed E-state index contributed by atoms with van der Waals surface area (Å²) >= 11 is 0. The van der Waals surface area contributed by atoms with E-state index < -0.39 is 23.6 Å². The van der Waals surface area contributed by atoms with E-state index in [1.807, 2.05) is 30.3 Å². The Morgan fingerprint density at radius 3 is 2.32 bits per heavy atom. The highest BCUT2D eigenvalue weighted by Gasteiger charge is 2.44. The molecule has 0 aliphatic carbocycles. The van der Waals surface area contributed by atoms with Crippen LogP contribution in [0.1, 0.15) is 40.2 Å². The number of hydrogen-bond donors (Lipinski definition) is 0. The zero-order valence-electron chi connectivity index (χ0n) is 15.3. The van der Waals surface area contributed by atoms with Gasteiger partial charge in [-0.25, -0.2) is 9.69 Å². The minimum Gasteiger partial charge on any atom is -0.443 e. The first-order chi connectivity index (χ1) is 11.7. The van der Waals surface area contributed by atoms with Gasteiger partial charge in [-0.2, -0.15) is 0 Å². The van der Waals surface area contributed by atoms with Gasteiger partial charge in [0.1, 0.15) is 17.3 Å². The summed E-state index contributed by atoms with van der Waals surface area (Å²) < 4.78 is 5.28. The lowest BCUT2D eigenvalue weighted by atomic mass is 10.1. The molecule has 1 saturated heterocycles. The summed E-state index contributed by atoms with van der Waals surface area (Å²) in [7, 11) is 0. The molecule has 1 atom stereocenters. The van der Waals surface area contributed by atoms with E-state index in [4.69, 9.17) is 4.74 Å². The highest BCUT2D eigenvalue weighted by molar-refractivity contribution is 6.11. The Kier molecular flexibility index (Phi) is 5.30. The van der Waals surface area contributed by atoms with Crippen molar-refractivity contribution in [3.05, 3.63) is 47.7 Å². The van der Waals surface area contributed by atoms with E-state index in [2.05, 4.69) is 0 Å². The number of imide groups is 1. The van der Waals surface area contributed by atoms with Crippen molar-refractivity contribution in [2.24, 2.45) is 0 Å². The zero-order chi connectivity index (χ0) is 18.8. The normalized spacial score (nSPS) is 20.2. The molecular formula is C19H24N2O4. The van der Waals surface area contributed by atoms with Crippen LogP contribution < -0.4 is 0 Å². The van der Waals surface area contributed by atoms with Gasteiger partial charge in [-0.1, -0.05) is 36.4 Å². The molecule has 6 heteroatoms. The molecule has 0 N–H and O–H groups in total. The first-order valence-electron chi connectivity index (χ1n) is 8.24. The second kappa shape index (κ2) is 7.09. The van der Waals surface area contributed by atoms with Crippen LogP contribution in [-0.2, 0) is 20.9 Å². The van der Waals surface area contributed by atoms with E-state index in [9.17, 15) is 14.4 Å². The Labute approximate surface area is 148 Å². The number of carbonyl (C=O) groups excluding carboxylic acids is 3. The molecule has 0 spiro atoms. The van der Waals surface area contributed by atoms with Gasteiger partial charge in [0.2, 0.25) is 0 Å². The summed E-state index contributed by atoms with van der Waals surface area (Å²) in [6, 6.07) is 8.65. The van der Waals surface area contributed by atoms with Crippen molar-refractivity contribution >= 4 is 17.9 Å². The molecule has 134 valence electrons. The summed E-state index contributed by atoms with van der Waals surface area (Å²) in [4.78, 5) is 40.3. The van der Waals surface area contributed by atoms with Crippen LogP contribution in [0.2, 0.25) is 0 Å². The van der Waals surface area contributed by atoms with Crippen LogP contribution in [0.15, 0.2) is 42.1 Å². The number of carbonyl (C=O) groups is 3. The van der Waals surface area contributed by atoms with Crippen molar-refractivity contribution < 1.29 is 19.1 Å². The third-order valence-electron chi connectivity index (χ3n) is 3.81. The average Bonchev–Trinajstić information content (AvgIpc) is 2.54. The van der Waals surface area contributed by atoms with Crippen LogP contribution >= 0.6 is 0 Å². The second-order valence-electron chi connectivity index (χ2n) is 6.92. The lowest BCUT2D eigenvalue weighted by Crippen LogP contribution is -2.59. The maximum Gasteiger partial charge on any atom is 0.421 e. The fraction of sp³-hybridized carbons (Fsp3) is 0.421. The molecular weight excluding hydrogens is 320 g/mol.